The Labute approximate surface area is 93.4 Å². The van der Waals surface area contributed by atoms with Crippen LogP contribution in [0.1, 0.15) is 59.3 Å². The van der Waals surface area contributed by atoms with Crippen molar-refractivity contribution in [2.45, 2.75) is 59.3 Å². The molecule has 0 heterocycles. The highest BCUT2D eigenvalue weighted by molar-refractivity contribution is 5.69. The first-order chi connectivity index (χ1) is 7.22. The number of nitriles is 1. The maximum atomic E-state index is 10.9. The molecule has 0 aromatic rings. The fourth-order valence-corrected chi connectivity index (χ4v) is 1.11. The molecule has 3 heteroatoms. The number of nitrogens with zero attached hydrogens (tertiary/aromatic N) is 1. The third kappa shape index (κ3) is 19.4. The predicted octanol–water partition coefficient (Wildman–Crippen LogP) is 3.44. The predicted molar refractivity (Wildman–Crippen MR) is 61.3 cm³/mol. The maximum absolute atomic E-state index is 10.9. The Bertz CT molecular complexity index is 173. The monoisotopic (exact) mass is 213 g/mol. The fourth-order valence-electron chi connectivity index (χ4n) is 1.11. The molecule has 0 spiro atoms. The van der Waals surface area contributed by atoms with Gasteiger partial charge in [-0.05, 0) is 13.3 Å². The number of unbranched alkanes of at least 4 members (excludes halogenated alkanes) is 4. The van der Waals surface area contributed by atoms with Gasteiger partial charge in [0.1, 0.15) is 0 Å². The van der Waals surface area contributed by atoms with Gasteiger partial charge in [0.05, 0.1) is 12.7 Å². The third-order valence-corrected chi connectivity index (χ3v) is 1.79. The zero-order valence-electron chi connectivity index (χ0n) is 10.2. The van der Waals surface area contributed by atoms with E-state index >= 15 is 0 Å². The second-order valence-corrected chi connectivity index (χ2v) is 3.19. The largest absolute Gasteiger partial charge is 0.466 e. The van der Waals surface area contributed by atoms with E-state index in [0.29, 0.717) is 13.0 Å². The number of hydrogen-bond donors (Lipinski definition) is 0. The van der Waals surface area contributed by atoms with Crippen molar-refractivity contribution in [1.29, 1.82) is 5.26 Å². The second kappa shape index (κ2) is 15.4. The van der Waals surface area contributed by atoms with Crippen LogP contribution in [0.2, 0.25) is 0 Å². The third-order valence-electron chi connectivity index (χ3n) is 1.79. The molecule has 0 aliphatic carbocycles. The van der Waals surface area contributed by atoms with Crippen LogP contribution in [0.4, 0.5) is 0 Å². The van der Waals surface area contributed by atoms with Gasteiger partial charge in [0.2, 0.25) is 0 Å². The molecule has 0 N–H and O–H groups in total. The Hall–Kier alpha value is -1.04. The Morgan fingerprint density at radius 2 is 1.73 bits per heavy atom. The standard InChI is InChI=1S/C10H20O2.C2H3N/c1-3-5-6-7-8-9-10(11)12-4-2;1-2-3/h3-9H2,1-2H3;1H3. The van der Waals surface area contributed by atoms with Gasteiger partial charge in [-0.15, -0.1) is 0 Å². The first-order valence-electron chi connectivity index (χ1n) is 5.69. The minimum absolute atomic E-state index is 0.0472. The quantitative estimate of drug-likeness (QED) is 0.481. The Balaban J connectivity index is 0. The Morgan fingerprint density at radius 3 is 2.20 bits per heavy atom. The molecule has 0 rings (SSSR count). The lowest BCUT2D eigenvalue weighted by Gasteiger charge is -2.00. The molecule has 0 aliphatic rings. The van der Waals surface area contributed by atoms with Crippen molar-refractivity contribution in [3.63, 3.8) is 0 Å². The SMILES string of the molecule is CC#N.CCCCCCCC(=O)OCC. The highest BCUT2D eigenvalue weighted by Crippen LogP contribution is 2.05. The summed E-state index contributed by atoms with van der Waals surface area (Å²) in [5.74, 6) is -0.0472. The fraction of sp³-hybridized carbons (Fsp3) is 0.833. The van der Waals surface area contributed by atoms with Crippen molar-refractivity contribution in [1.82, 2.24) is 0 Å². The van der Waals surface area contributed by atoms with E-state index < -0.39 is 0 Å². The van der Waals surface area contributed by atoms with Crippen molar-refractivity contribution >= 4 is 5.97 Å². The van der Waals surface area contributed by atoms with Gasteiger partial charge in [-0.2, -0.15) is 5.26 Å². The first kappa shape index (κ1) is 16.4. The molecule has 0 aromatic heterocycles. The topological polar surface area (TPSA) is 50.1 Å². The van der Waals surface area contributed by atoms with E-state index in [-0.39, 0.29) is 5.97 Å². The number of hydrogen-bond acceptors (Lipinski definition) is 3. The molecule has 0 radical (unpaired) electrons. The number of rotatable bonds is 7. The van der Waals surface area contributed by atoms with E-state index in [9.17, 15) is 4.79 Å². The summed E-state index contributed by atoms with van der Waals surface area (Å²) in [5, 5.41) is 7.32. The summed E-state index contributed by atoms with van der Waals surface area (Å²) in [7, 11) is 0. The van der Waals surface area contributed by atoms with Crippen LogP contribution in [0.3, 0.4) is 0 Å². The normalized spacial score (nSPS) is 8.40. The van der Waals surface area contributed by atoms with Gasteiger partial charge >= 0.3 is 5.97 Å². The molecule has 0 amide bonds. The van der Waals surface area contributed by atoms with E-state index in [1.54, 1.807) is 6.07 Å². The molecule has 0 saturated heterocycles. The van der Waals surface area contributed by atoms with Crippen molar-refractivity contribution in [3.8, 4) is 6.07 Å². The van der Waals surface area contributed by atoms with Crippen molar-refractivity contribution in [2.24, 2.45) is 0 Å². The zero-order valence-corrected chi connectivity index (χ0v) is 10.2. The Kier molecular flexibility index (Phi) is 16.9. The summed E-state index contributed by atoms with van der Waals surface area (Å²) in [4.78, 5) is 10.9. The second-order valence-electron chi connectivity index (χ2n) is 3.19. The lowest BCUT2D eigenvalue weighted by Crippen LogP contribution is -2.02. The number of carbonyl (C=O) groups excluding carboxylic acids is 1. The van der Waals surface area contributed by atoms with Crippen molar-refractivity contribution in [2.75, 3.05) is 6.61 Å². The zero-order chi connectivity index (χ0) is 11.9. The van der Waals surface area contributed by atoms with E-state index in [0.717, 1.165) is 12.8 Å². The Morgan fingerprint density at radius 1 is 1.20 bits per heavy atom. The van der Waals surface area contributed by atoms with E-state index in [1.807, 2.05) is 6.92 Å². The van der Waals surface area contributed by atoms with Crippen LogP contribution in [0.15, 0.2) is 0 Å². The summed E-state index contributed by atoms with van der Waals surface area (Å²) in [6, 6.07) is 1.75. The molecular weight excluding hydrogens is 190 g/mol. The minimum atomic E-state index is -0.0472. The van der Waals surface area contributed by atoms with Crippen LogP contribution >= 0.6 is 0 Å². The van der Waals surface area contributed by atoms with Gasteiger partial charge in [-0.1, -0.05) is 32.6 Å². The van der Waals surface area contributed by atoms with Crippen LogP contribution in [-0.4, -0.2) is 12.6 Å². The van der Waals surface area contributed by atoms with E-state index in [1.165, 1.54) is 26.2 Å². The highest BCUT2D eigenvalue weighted by atomic mass is 16.5. The summed E-state index contributed by atoms with van der Waals surface area (Å²) in [6.07, 6.45) is 6.52. The first-order valence-corrected chi connectivity index (χ1v) is 5.69. The molecule has 0 aromatic carbocycles. The molecular formula is C12H23NO2. The van der Waals surface area contributed by atoms with E-state index in [4.69, 9.17) is 10.00 Å². The molecule has 0 unspecified atom stereocenters. The lowest BCUT2D eigenvalue weighted by atomic mass is 10.1. The van der Waals surface area contributed by atoms with Crippen LogP contribution in [-0.2, 0) is 9.53 Å². The van der Waals surface area contributed by atoms with Gasteiger partial charge < -0.3 is 4.74 Å². The van der Waals surface area contributed by atoms with Crippen LogP contribution in [0.25, 0.3) is 0 Å². The number of carbonyl (C=O) groups is 1. The number of esters is 1. The van der Waals surface area contributed by atoms with Gasteiger partial charge in [-0.25, -0.2) is 0 Å². The van der Waals surface area contributed by atoms with Crippen LogP contribution in [0.5, 0.6) is 0 Å². The molecule has 0 aliphatic heterocycles. The molecule has 0 atom stereocenters. The molecule has 0 saturated carbocycles. The summed E-state index contributed by atoms with van der Waals surface area (Å²) in [5.41, 5.74) is 0. The average Bonchev–Trinajstić information content (AvgIpc) is 2.19. The molecule has 3 nitrogen and oxygen atoms in total. The number of ether oxygens (including phenoxy) is 1. The van der Waals surface area contributed by atoms with Crippen molar-refractivity contribution in [3.05, 3.63) is 0 Å². The lowest BCUT2D eigenvalue weighted by molar-refractivity contribution is -0.143. The van der Waals surface area contributed by atoms with Gasteiger partial charge in [0.15, 0.2) is 0 Å². The average molecular weight is 213 g/mol. The van der Waals surface area contributed by atoms with Gasteiger partial charge in [-0.3, -0.25) is 4.79 Å². The highest BCUT2D eigenvalue weighted by Gasteiger charge is 1.99. The van der Waals surface area contributed by atoms with Crippen LogP contribution in [0, 0.1) is 11.3 Å². The summed E-state index contributed by atoms with van der Waals surface area (Å²) >= 11 is 0. The van der Waals surface area contributed by atoms with Crippen LogP contribution < -0.4 is 0 Å². The molecule has 0 bridgehead atoms. The molecule has 88 valence electrons. The van der Waals surface area contributed by atoms with Gasteiger partial charge in [0.25, 0.3) is 0 Å². The molecule has 0 fully saturated rings. The summed E-state index contributed by atoms with van der Waals surface area (Å²) < 4.78 is 4.81. The smallest absolute Gasteiger partial charge is 0.305 e. The maximum Gasteiger partial charge on any atom is 0.305 e. The minimum Gasteiger partial charge on any atom is -0.466 e. The molecule has 15 heavy (non-hydrogen) atoms. The van der Waals surface area contributed by atoms with Gasteiger partial charge in [0, 0.05) is 13.3 Å². The van der Waals surface area contributed by atoms with E-state index in [2.05, 4.69) is 6.92 Å². The van der Waals surface area contributed by atoms with Crippen molar-refractivity contribution < 1.29 is 9.53 Å². The summed E-state index contributed by atoms with van der Waals surface area (Å²) in [6.45, 7) is 5.97.